The maximum Gasteiger partial charge on any atom is 0.416 e. The molecule has 0 saturated carbocycles. The second-order valence-corrected chi connectivity index (χ2v) is 10.5. The highest BCUT2D eigenvalue weighted by Crippen LogP contribution is 2.31. The summed E-state index contributed by atoms with van der Waals surface area (Å²) in [4.78, 5) is 12.3. The van der Waals surface area contributed by atoms with Crippen molar-refractivity contribution in [1.29, 1.82) is 0 Å². The third kappa shape index (κ3) is 6.79. The van der Waals surface area contributed by atoms with Crippen molar-refractivity contribution in [1.82, 2.24) is 20.0 Å². The second kappa shape index (κ2) is 10.4. The molecule has 4 aromatic rings. The standard InChI is InChI=1S/C26H26F3N5O2S/c1-16-7-5-8-17(11-16)14-34-20(13-21(33-34)25(2,3)4)23-31-32-24(36-23)37-15-22(35)30-19-10-6-9-18(12-19)26(27,28)29/h5-13H,14-15H2,1-4H3,(H,30,35). The molecule has 0 aliphatic rings. The molecule has 37 heavy (non-hydrogen) atoms. The van der Waals surface area contributed by atoms with E-state index in [0.717, 1.165) is 40.7 Å². The van der Waals surface area contributed by atoms with Gasteiger partial charge in [0.15, 0.2) is 0 Å². The van der Waals surface area contributed by atoms with Crippen molar-refractivity contribution < 1.29 is 22.4 Å². The highest BCUT2D eigenvalue weighted by molar-refractivity contribution is 7.99. The summed E-state index contributed by atoms with van der Waals surface area (Å²) in [5, 5.41) is 15.6. The molecule has 7 nitrogen and oxygen atoms in total. The number of alkyl halides is 3. The van der Waals surface area contributed by atoms with Crippen LogP contribution in [-0.4, -0.2) is 31.6 Å². The molecule has 0 aliphatic heterocycles. The maximum atomic E-state index is 12.9. The molecule has 2 aromatic heterocycles. The molecule has 0 saturated heterocycles. The van der Waals surface area contributed by atoms with Gasteiger partial charge in [0.2, 0.25) is 5.91 Å². The molecule has 0 atom stereocenters. The summed E-state index contributed by atoms with van der Waals surface area (Å²) in [5.74, 6) is -0.353. The van der Waals surface area contributed by atoms with Gasteiger partial charge in [0, 0.05) is 11.1 Å². The summed E-state index contributed by atoms with van der Waals surface area (Å²) in [6.07, 6.45) is -4.49. The Morgan fingerprint density at radius 1 is 1.05 bits per heavy atom. The van der Waals surface area contributed by atoms with Crippen LogP contribution in [0.25, 0.3) is 11.6 Å². The number of nitrogens with one attached hydrogen (secondary N) is 1. The summed E-state index contributed by atoms with van der Waals surface area (Å²) >= 11 is 0.993. The first-order valence-corrected chi connectivity index (χ1v) is 12.4. The SMILES string of the molecule is Cc1cccc(Cn2nc(C(C)(C)C)cc2-c2nnc(SCC(=O)Nc3cccc(C(F)(F)F)c3)o2)c1. The number of nitrogens with zero attached hydrogens (tertiary/aromatic N) is 4. The minimum atomic E-state index is -4.49. The summed E-state index contributed by atoms with van der Waals surface area (Å²) in [6.45, 7) is 8.73. The number of thioether (sulfide) groups is 1. The van der Waals surface area contributed by atoms with Crippen LogP contribution in [0.1, 0.15) is 43.2 Å². The van der Waals surface area contributed by atoms with Crippen LogP contribution in [0.2, 0.25) is 0 Å². The molecule has 0 fully saturated rings. The molecule has 4 rings (SSSR count). The van der Waals surface area contributed by atoms with Crippen LogP contribution in [-0.2, 0) is 22.9 Å². The van der Waals surface area contributed by atoms with Gasteiger partial charge in [-0.2, -0.15) is 18.3 Å². The third-order valence-corrected chi connectivity index (χ3v) is 6.21. The summed E-state index contributed by atoms with van der Waals surface area (Å²) in [7, 11) is 0. The molecular weight excluding hydrogens is 503 g/mol. The van der Waals surface area contributed by atoms with Crippen molar-refractivity contribution in [2.24, 2.45) is 0 Å². The fourth-order valence-corrected chi connectivity index (χ4v) is 4.09. The zero-order chi connectivity index (χ0) is 26.8. The Bertz CT molecular complexity index is 1410. The van der Waals surface area contributed by atoms with E-state index in [-0.39, 0.29) is 28.0 Å². The first-order chi connectivity index (χ1) is 17.4. The van der Waals surface area contributed by atoms with Gasteiger partial charge in [0.25, 0.3) is 11.1 Å². The van der Waals surface area contributed by atoms with Crippen LogP contribution in [0.3, 0.4) is 0 Å². The Kier molecular flexibility index (Phi) is 7.44. The van der Waals surface area contributed by atoms with Gasteiger partial charge in [0.1, 0.15) is 5.69 Å². The van der Waals surface area contributed by atoms with Crippen LogP contribution in [0, 0.1) is 6.92 Å². The fraction of sp³-hybridized carbons (Fsp3) is 0.308. The van der Waals surface area contributed by atoms with Crippen LogP contribution < -0.4 is 5.32 Å². The number of aromatic nitrogens is 4. The van der Waals surface area contributed by atoms with Gasteiger partial charge >= 0.3 is 6.18 Å². The highest BCUT2D eigenvalue weighted by atomic mass is 32.2. The van der Waals surface area contributed by atoms with Crippen LogP contribution >= 0.6 is 11.8 Å². The number of anilines is 1. The molecule has 0 spiro atoms. The molecule has 11 heteroatoms. The van der Waals surface area contributed by atoms with Gasteiger partial charge < -0.3 is 9.73 Å². The van der Waals surface area contributed by atoms with Crippen molar-refractivity contribution in [3.05, 3.63) is 77.0 Å². The van der Waals surface area contributed by atoms with Crippen molar-refractivity contribution >= 4 is 23.4 Å². The van der Waals surface area contributed by atoms with E-state index in [1.807, 2.05) is 35.9 Å². The number of hydrogen-bond donors (Lipinski definition) is 1. The monoisotopic (exact) mass is 529 g/mol. The maximum absolute atomic E-state index is 12.9. The predicted molar refractivity (Wildman–Crippen MR) is 135 cm³/mol. The molecule has 1 amide bonds. The minimum Gasteiger partial charge on any atom is -0.410 e. The van der Waals surface area contributed by atoms with E-state index in [4.69, 9.17) is 9.52 Å². The Hall–Kier alpha value is -3.60. The lowest BCUT2D eigenvalue weighted by atomic mass is 9.92. The van der Waals surface area contributed by atoms with Crippen molar-refractivity contribution in [3.8, 4) is 11.6 Å². The fourth-order valence-electron chi connectivity index (χ4n) is 3.53. The number of halogens is 3. The lowest BCUT2D eigenvalue weighted by Crippen LogP contribution is -2.15. The van der Waals surface area contributed by atoms with Crippen molar-refractivity contribution in [3.63, 3.8) is 0 Å². The van der Waals surface area contributed by atoms with E-state index in [0.29, 0.717) is 12.2 Å². The Balaban J connectivity index is 1.47. The smallest absolute Gasteiger partial charge is 0.410 e. The van der Waals surface area contributed by atoms with Crippen LogP contribution in [0.4, 0.5) is 18.9 Å². The Labute approximate surface area is 216 Å². The van der Waals surface area contributed by atoms with E-state index in [1.165, 1.54) is 12.1 Å². The van der Waals surface area contributed by atoms with Crippen LogP contribution in [0.5, 0.6) is 0 Å². The van der Waals surface area contributed by atoms with Gasteiger partial charge in [-0.1, -0.05) is 68.4 Å². The summed E-state index contributed by atoms with van der Waals surface area (Å²) in [6, 6.07) is 14.5. The third-order valence-electron chi connectivity index (χ3n) is 5.39. The number of benzene rings is 2. The average molecular weight is 530 g/mol. The molecule has 2 heterocycles. The molecule has 2 aromatic carbocycles. The lowest BCUT2D eigenvalue weighted by molar-refractivity contribution is -0.137. The molecule has 1 N–H and O–H groups in total. The topological polar surface area (TPSA) is 85.8 Å². The first kappa shape index (κ1) is 26.5. The van der Waals surface area contributed by atoms with Gasteiger partial charge in [0.05, 0.1) is 23.6 Å². The molecule has 0 bridgehead atoms. The second-order valence-electron chi connectivity index (χ2n) is 9.60. The Morgan fingerprint density at radius 3 is 2.51 bits per heavy atom. The number of amides is 1. The summed E-state index contributed by atoms with van der Waals surface area (Å²) < 4.78 is 46.3. The van der Waals surface area contributed by atoms with E-state index in [9.17, 15) is 18.0 Å². The molecule has 0 unspecified atom stereocenters. The minimum absolute atomic E-state index is 0.0569. The molecule has 194 valence electrons. The van der Waals surface area contributed by atoms with Crippen LogP contribution in [0.15, 0.2) is 64.2 Å². The largest absolute Gasteiger partial charge is 0.416 e. The lowest BCUT2D eigenvalue weighted by Gasteiger charge is -2.14. The number of rotatable bonds is 7. The van der Waals surface area contributed by atoms with Gasteiger partial charge in [-0.05, 0) is 36.8 Å². The van der Waals surface area contributed by atoms with E-state index in [2.05, 4.69) is 42.4 Å². The van der Waals surface area contributed by atoms with E-state index < -0.39 is 17.6 Å². The number of carbonyl (C=O) groups excluding carboxylic acids is 1. The number of aryl methyl sites for hydroxylation is 1. The van der Waals surface area contributed by atoms with E-state index >= 15 is 0 Å². The average Bonchev–Trinajstić information content (AvgIpc) is 3.44. The quantitative estimate of drug-likeness (QED) is 0.281. The number of hydrogen-bond acceptors (Lipinski definition) is 6. The van der Waals surface area contributed by atoms with Crippen molar-refractivity contribution in [2.45, 2.75) is 51.1 Å². The highest BCUT2D eigenvalue weighted by Gasteiger charge is 2.30. The molecule has 0 radical (unpaired) electrons. The van der Waals surface area contributed by atoms with Crippen molar-refractivity contribution in [2.75, 3.05) is 11.1 Å². The van der Waals surface area contributed by atoms with Gasteiger partial charge in [-0.3, -0.25) is 9.48 Å². The number of carbonyl (C=O) groups is 1. The van der Waals surface area contributed by atoms with Gasteiger partial charge in [-0.15, -0.1) is 10.2 Å². The van der Waals surface area contributed by atoms with E-state index in [1.54, 1.807) is 0 Å². The Morgan fingerprint density at radius 2 is 1.81 bits per heavy atom. The predicted octanol–water partition coefficient (Wildman–Crippen LogP) is 6.34. The zero-order valence-electron chi connectivity index (χ0n) is 20.8. The first-order valence-electron chi connectivity index (χ1n) is 11.5. The zero-order valence-corrected chi connectivity index (χ0v) is 21.6. The molecular formula is C26H26F3N5O2S. The molecule has 0 aliphatic carbocycles. The normalized spacial score (nSPS) is 12.1. The van der Waals surface area contributed by atoms with Gasteiger partial charge in [-0.25, -0.2) is 0 Å². The summed E-state index contributed by atoms with van der Waals surface area (Å²) in [5.41, 5.74) is 2.75.